The van der Waals surface area contributed by atoms with Gasteiger partial charge in [-0.05, 0) is 0 Å². The fourth-order valence-electron chi connectivity index (χ4n) is 0.400. The van der Waals surface area contributed by atoms with Gasteiger partial charge in [-0.1, -0.05) is 0 Å². The van der Waals surface area contributed by atoms with Gasteiger partial charge in [0.25, 0.3) is 0 Å². The summed E-state index contributed by atoms with van der Waals surface area (Å²) in [6.45, 7) is 0. The summed E-state index contributed by atoms with van der Waals surface area (Å²) >= 11 is -0.938. The Bertz CT molecular complexity index is 35.3. The summed E-state index contributed by atoms with van der Waals surface area (Å²) in [6.07, 6.45) is 0. The third-order valence-electron chi connectivity index (χ3n) is 0.400. The van der Waals surface area contributed by atoms with E-state index in [9.17, 15) is 0 Å². The molecule has 7 heavy (non-hydrogen) atoms. The Morgan fingerprint density at radius 2 is 1.14 bits per heavy atom. The van der Waals surface area contributed by atoms with Gasteiger partial charge in [-0.25, -0.2) is 0 Å². The monoisotopic (exact) mass is 222 g/mol. The average Bonchev–Trinajstić information content (AvgIpc) is 1.27. The predicted molar refractivity (Wildman–Crippen MR) is 38.2 cm³/mol. The zero-order valence-electron chi connectivity index (χ0n) is 5.39. The Hall–Kier alpha value is 1.12. The molecule has 2 heteroatoms. The molecule has 0 spiro atoms. The molecule has 0 nitrogen and oxygen atoms in total. The van der Waals surface area contributed by atoms with E-state index in [1.54, 1.807) is 0 Å². The summed E-state index contributed by atoms with van der Waals surface area (Å²) in [5.41, 5.74) is 9.34. The van der Waals surface area contributed by atoms with Crippen molar-refractivity contribution >= 4 is 29.3 Å². The van der Waals surface area contributed by atoms with E-state index in [2.05, 4.69) is 26.8 Å². The van der Waals surface area contributed by atoms with Crippen molar-refractivity contribution in [1.82, 2.24) is 0 Å². The first kappa shape index (κ1) is 8.12. The molecule has 0 aromatic heterocycles. The normalized spacial score (nSPS) is 11.1. The maximum absolute atomic E-state index is 3.60. The maximum atomic E-state index is 3.60. The Morgan fingerprint density at radius 1 is 0.857 bits per heavy atom. The van der Waals surface area contributed by atoms with Crippen molar-refractivity contribution in [3.05, 3.63) is 4.00 Å². The van der Waals surface area contributed by atoms with Gasteiger partial charge in [0.2, 0.25) is 0 Å². The molecule has 0 aromatic carbocycles. The van der Waals surface area contributed by atoms with E-state index >= 15 is 0 Å². The fourth-order valence-corrected chi connectivity index (χ4v) is 10.8. The van der Waals surface area contributed by atoms with Gasteiger partial charge in [0, 0.05) is 0 Å². The number of hydrogen-bond acceptors (Lipinski definition) is 0. The Morgan fingerprint density at radius 3 is 1.14 bits per heavy atom. The van der Waals surface area contributed by atoms with E-state index in [1.807, 2.05) is 0 Å². The number of rotatable bonds is 2. The summed E-state index contributed by atoms with van der Waals surface area (Å²) in [6, 6.07) is 0. The molecule has 0 heterocycles. The molecule has 2 radical (unpaired) electrons. The topological polar surface area (TPSA) is 0 Å². The molecule has 0 saturated carbocycles. The Kier molecular flexibility index (Phi) is 4.69. The molecule has 0 atom stereocenters. The predicted octanol–water partition coefficient (Wildman–Crippen LogP) is 1.65. The average molecular weight is 222 g/mol. The molecule has 0 saturated heterocycles. The minimum absolute atomic E-state index is 0.469. The second kappa shape index (κ2) is 4.04. The van der Waals surface area contributed by atoms with Crippen LogP contribution < -0.4 is 0 Å². The van der Waals surface area contributed by atoms with Crippen molar-refractivity contribution in [2.24, 2.45) is 0 Å². The molecule has 0 amide bonds. The van der Waals surface area contributed by atoms with Crippen molar-refractivity contribution in [3.8, 4) is 0 Å². The van der Waals surface area contributed by atoms with Gasteiger partial charge in [0.05, 0.1) is 0 Å². The molecular formula is C5H12As2. The second-order valence-corrected chi connectivity index (χ2v) is 12.0. The van der Waals surface area contributed by atoms with Crippen LogP contribution in [0.1, 0.15) is 0 Å². The standard InChI is InChI=1S/C5H12As2/c1-6(2)5-7(3)4/h1-4H3. The molecule has 0 aliphatic rings. The molecule has 0 fully saturated rings. The van der Waals surface area contributed by atoms with Crippen LogP contribution in [0.2, 0.25) is 22.8 Å². The van der Waals surface area contributed by atoms with Crippen LogP contribution in [0.5, 0.6) is 0 Å². The van der Waals surface area contributed by atoms with Crippen molar-refractivity contribution in [2.45, 2.75) is 22.8 Å². The van der Waals surface area contributed by atoms with Crippen LogP contribution in [-0.2, 0) is 0 Å². The fraction of sp³-hybridized carbons (Fsp3) is 0.800. The minimum atomic E-state index is -0.469. The summed E-state index contributed by atoms with van der Waals surface area (Å²) < 4.78 is 3.60. The first-order chi connectivity index (χ1) is 3.13. The zero-order chi connectivity index (χ0) is 5.86. The summed E-state index contributed by atoms with van der Waals surface area (Å²) in [5.74, 6) is 0. The zero-order valence-corrected chi connectivity index (χ0v) is 9.15. The van der Waals surface area contributed by atoms with E-state index in [1.165, 1.54) is 0 Å². The van der Waals surface area contributed by atoms with E-state index in [4.69, 9.17) is 0 Å². The summed E-state index contributed by atoms with van der Waals surface area (Å²) in [7, 11) is 0. The SMILES string of the molecule is C[As](C)[C][As](C)C. The van der Waals surface area contributed by atoms with Crippen molar-refractivity contribution < 1.29 is 0 Å². The van der Waals surface area contributed by atoms with Gasteiger partial charge in [0.1, 0.15) is 0 Å². The van der Waals surface area contributed by atoms with Crippen LogP contribution in [-0.4, -0.2) is 29.3 Å². The van der Waals surface area contributed by atoms with Gasteiger partial charge in [-0.2, -0.15) is 0 Å². The van der Waals surface area contributed by atoms with Gasteiger partial charge in [0.15, 0.2) is 0 Å². The van der Waals surface area contributed by atoms with Gasteiger partial charge in [-0.15, -0.1) is 0 Å². The van der Waals surface area contributed by atoms with Crippen molar-refractivity contribution in [1.29, 1.82) is 0 Å². The summed E-state index contributed by atoms with van der Waals surface area (Å²) in [5, 5.41) is 0. The van der Waals surface area contributed by atoms with E-state index < -0.39 is 29.3 Å². The van der Waals surface area contributed by atoms with Crippen LogP contribution in [0.15, 0.2) is 0 Å². The summed E-state index contributed by atoms with van der Waals surface area (Å²) in [4.78, 5) is 0. The Labute approximate surface area is 56.2 Å². The molecule has 42 valence electrons. The third-order valence-corrected chi connectivity index (χ3v) is 10.8. The van der Waals surface area contributed by atoms with Crippen LogP contribution in [0.4, 0.5) is 0 Å². The van der Waals surface area contributed by atoms with Crippen LogP contribution in [0.3, 0.4) is 0 Å². The third kappa shape index (κ3) is 7.12. The van der Waals surface area contributed by atoms with Gasteiger partial charge in [-0.3, -0.25) is 0 Å². The molecular weight excluding hydrogens is 210 g/mol. The molecule has 0 bridgehead atoms. The van der Waals surface area contributed by atoms with Gasteiger partial charge >= 0.3 is 56.1 Å². The second-order valence-electron chi connectivity index (χ2n) is 1.89. The molecule has 0 aromatic rings. The van der Waals surface area contributed by atoms with E-state index in [-0.39, 0.29) is 0 Å². The van der Waals surface area contributed by atoms with Crippen molar-refractivity contribution in [3.63, 3.8) is 0 Å². The number of hydrogen-bond donors (Lipinski definition) is 0. The van der Waals surface area contributed by atoms with Crippen LogP contribution in [0.25, 0.3) is 0 Å². The Balaban J connectivity index is 2.95. The molecule has 0 aliphatic carbocycles. The van der Waals surface area contributed by atoms with Crippen LogP contribution >= 0.6 is 0 Å². The molecule has 0 N–H and O–H groups in total. The molecule has 0 aliphatic heterocycles. The van der Waals surface area contributed by atoms with Crippen molar-refractivity contribution in [2.75, 3.05) is 0 Å². The quantitative estimate of drug-likeness (QED) is 0.623. The van der Waals surface area contributed by atoms with E-state index in [0.29, 0.717) is 0 Å². The molecule has 0 unspecified atom stereocenters. The van der Waals surface area contributed by atoms with Crippen LogP contribution in [0, 0.1) is 4.00 Å². The first-order valence-corrected chi connectivity index (χ1v) is 11.6. The first-order valence-electron chi connectivity index (χ1n) is 2.24. The molecule has 0 rings (SSSR count). The van der Waals surface area contributed by atoms with E-state index in [0.717, 1.165) is 0 Å². The van der Waals surface area contributed by atoms with Gasteiger partial charge < -0.3 is 0 Å².